The van der Waals surface area contributed by atoms with E-state index in [1.54, 1.807) is 0 Å². The summed E-state index contributed by atoms with van der Waals surface area (Å²) in [6.07, 6.45) is 1.01. The molecule has 0 bridgehead atoms. The van der Waals surface area contributed by atoms with Gasteiger partial charge in [-0.2, -0.15) is 0 Å². The first-order valence-corrected chi connectivity index (χ1v) is 7.31. The van der Waals surface area contributed by atoms with Crippen molar-refractivity contribution >= 4 is 5.97 Å². The van der Waals surface area contributed by atoms with Crippen molar-refractivity contribution in [2.75, 3.05) is 0 Å². The number of rotatable bonds is 0. The van der Waals surface area contributed by atoms with Gasteiger partial charge in [0.2, 0.25) is 0 Å². The Morgan fingerprint density at radius 1 is 1.30 bits per heavy atom. The Bertz CT molecular complexity index is 569. The van der Waals surface area contributed by atoms with Crippen molar-refractivity contribution in [2.45, 2.75) is 61.8 Å². The summed E-state index contributed by atoms with van der Waals surface area (Å²) >= 11 is 0. The molecule has 0 amide bonds. The van der Waals surface area contributed by atoms with Crippen LogP contribution >= 0.6 is 0 Å². The molecule has 3 heterocycles. The van der Waals surface area contributed by atoms with E-state index in [9.17, 15) is 9.90 Å². The van der Waals surface area contributed by atoms with E-state index in [0.717, 1.165) is 0 Å². The van der Waals surface area contributed by atoms with Gasteiger partial charge in [-0.25, -0.2) is 4.79 Å². The number of hydrogen-bond donors (Lipinski definition) is 1. The van der Waals surface area contributed by atoms with E-state index in [-0.39, 0.29) is 41.7 Å². The number of aliphatic hydroxyl groups is 1. The van der Waals surface area contributed by atoms with Crippen LogP contribution in [0.2, 0.25) is 0 Å². The van der Waals surface area contributed by atoms with E-state index < -0.39 is 11.2 Å². The summed E-state index contributed by atoms with van der Waals surface area (Å²) in [4.78, 5) is 11.9. The molecule has 5 rings (SSSR count). The molecule has 5 heteroatoms. The maximum absolute atomic E-state index is 11.9. The van der Waals surface area contributed by atoms with Gasteiger partial charge in [0.15, 0.2) is 0 Å². The summed E-state index contributed by atoms with van der Waals surface area (Å²) < 4.78 is 17.4. The van der Waals surface area contributed by atoms with Crippen molar-refractivity contribution in [2.24, 2.45) is 11.8 Å². The van der Waals surface area contributed by atoms with Gasteiger partial charge in [0, 0.05) is 11.5 Å². The highest BCUT2D eigenvalue weighted by Gasteiger charge is 2.92. The summed E-state index contributed by atoms with van der Waals surface area (Å²) in [5.41, 5.74) is -1.30. The normalized spacial score (nSPS) is 65.7. The lowest BCUT2D eigenvalue weighted by molar-refractivity contribution is -0.147. The molecular weight excluding hydrogens is 260 g/mol. The molecule has 5 fully saturated rings. The summed E-state index contributed by atoms with van der Waals surface area (Å²) in [7, 11) is 0. The highest BCUT2D eigenvalue weighted by atomic mass is 16.7. The minimum atomic E-state index is -0.904. The topological polar surface area (TPSA) is 71.6 Å². The van der Waals surface area contributed by atoms with Crippen molar-refractivity contribution in [1.29, 1.82) is 0 Å². The fourth-order valence-electron chi connectivity index (χ4n) is 5.23. The lowest BCUT2D eigenvalue weighted by atomic mass is 9.74. The Labute approximate surface area is 116 Å². The molecule has 1 spiro atoms. The van der Waals surface area contributed by atoms with Crippen molar-refractivity contribution in [3.05, 3.63) is 12.2 Å². The Morgan fingerprint density at radius 2 is 2.05 bits per heavy atom. The molecule has 0 aromatic heterocycles. The maximum Gasteiger partial charge on any atom is 0.334 e. The highest BCUT2D eigenvalue weighted by Crippen LogP contribution is 2.75. The molecule has 20 heavy (non-hydrogen) atoms. The van der Waals surface area contributed by atoms with Crippen LogP contribution in [0.5, 0.6) is 0 Å². The largest absolute Gasteiger partial charge is 0.458 e. The number of hydrogen-bond acceptors (Lipinski definition) is 5. The number of epoxide rings is 2. The molecule has 108 valence electrons. The summed E-state index contributed by atoms with van der Waals surface area (Å²) in [6, 6.07) is 0. The number of carbonyl (C=O) groups is 1. The van der Waals surface area contributed by atoms with Crippen LogP contribution < -0.4 is 0 Å². The number of esters is 1. The van der Waals surface area contributed by atoms with Crippen LogP contribution in [-0.2, 0) is 19.0 Å². The van der Waals surface area contributed by atoms with Crippen molar-refractivity contribution in [3.8, 4) is 0 Å². The van der Waals surface area contributed by atoms with Gasteiger partial charge in [-0.15, -0.1) is 0 Å². The number of carbonyl (C=O) groups excluding carboxylic acids is 1. The van der Waals surface area contributed by atoms with Crippen LogP contribution in [-0.4, -0.2) is 46.2 Å². The summed E-state index contributed by atoms with van der Waals surface area (Å²) in [5, 5.41) is 10.9. The van der Waals surface area contributed by atoms with Crippen LogP contribution in [0.15, 0.2) is 12.2 Å². The molecule has 2 saturated carbocycles. The molecule has 8 atom stereocenters. The van der Waals surface area contributed by atoms with Gasteiger partial charge in [-0.05, 0) is 26.7 Å². The Balaban J connectivity index is 1.67. The minimum absolute atomic E-state index is 0.0250. The summed E-state index contributed by atoms with van der Waals surface area (Å²) in [5.74, 6) is -0.430. The van der Waals surface area contributed by atoms with Crippen molar-refractivity contribution in [3.63, 3.8) is 0 Å². The predicted octanol–water partition coefficient (Wildman–Crippen LogP) is 0.554. The molecule has 3 aliphatic heterocycles. The predicted molar refractivity (Wildman–Crippen MR) is 66.7 cm³/mol. The standard InChI is InChI=1S/C15H18O5/c1-6-7-4-5-13(2,17)15-9(8(7)18-12(6)16)14(3)10(19-14)11(15)20-15/h7-11,17H,1,4-5H2,2-3H3/t7-,8-,9-,10+,11+,13+,14-,15-/m0/s1. The highest BCUT2D eigenvalue weighted by molar-refractivity contribution is 5.91. The van der Waals surface area contributed by atoms with Crippen molar-refractivity contribution < 1.29 is 24.1 Å². The minimum Gasteiger partial charge on any atom is -0.458 e. The van der Waals surface area contributed by atoms with E-state index >= 15 is 0 Å². The second kappa shape index (κ2) is 2.85. The zero-order valence-corrected chi connectivity index (χ0v) is 11.6. The zero-order chi connectivity index (χ0) is 14.1. The summed E-state index contributed by atoms with van der Waals surface area (Å²) in [6.45, 7) is 7.78. The third-order valence-corrected chi connectivity index (χ3v) is 6.39. The molecule has 0 aromatic carbocycles. The third-order valence-electron chi connectivity index (χ3n) is 6.39. The average Bonchev–Trinajstić information content (AvgIpc) is 3.21. The fraction of sp³-hybridized carbons (Fsp3) is 0.800. The second-order valence-electron chi connectivity index (χ2n) is 7.35. The van der Waals surface area contributed by atoms with Gasteiger partial charge in [-0.1, -0.05) is 6.58 Å². The lowest BCUT2D eigenvalue weighted by Crippen LogP contribution is -2.53. The monoisotopic (exact) mass is 278 g/mol. The van der Waals surface area contributed by atoms with Gasteiger partial charge < -0.3 is 19.3 Å². The molecule has 5 aliphatic rings. The van der Waals surface area contributed by atoms with Gasteiger partial charge >= 0.3 is 5.97 Å². The Kier molecular flexibility index (Phi) is 1.67. The maximum atomic E-state index is 11.9. The van der Waals surface area contributed by atoms with E-state index in [2.05, 4.69) is 6.58 Å². The zero-order valence-electron chi connectivity index (χ0n) is 11.6. The quantitative estimate of drug-likeness (QED) is 0.398. The van der Waals surface area contributed by atoms with Gasteiger partial charge in [0.25, 0.3) is 0 Å². The molecule has 2 aliphatic carbocycles. The molecule has 5 nitrogen and oxygen atoms in total. The van der Waals surface area contributed by atoms with Gasteiger partial charge in [0.1, 0.15) is 29.5 Å². The van der Waals surface area contributed by atoms with Crippen LogP contribution in [0.4, 0.5) is 0 Å². The van der Waals surface area contributed by atoms with Gasteiger partial charge in [-0.3, -0.25) is 0 Å². The number of fused-ring (bicyclic) bond motifs is 5. The Hall–Kier alpha value is -0.910. The first-order chi connectivity index (χ1) is 9.33. The van der Waals surface area contributed by atoms with E-state index in [1.165, 1.54) is 0 Å². The van der Waals surface area contributed by atoms with E-state index in [0.29, 0.717) is 18.4 Å². The number of ether oxygens (including phenoxy) is 3. The molecule has 0 radical (unpaired) electrons. The molecule has 3 saturated heterocycles. The third kappa shape index (κ3) is 0.954. The SMILES string of the molecule is C=C1C(=O)O[C@H]2[C@H]1CC[C@@](C)(O)[C@@]13O[C@@H]1[C@H]1O[C@@]1(C)[C@H]23. The van der Waals surface area contributed by atoms with Crippen LogP contribution in [0.1, 0.15) is 26.7 Å². The molecule has 1 N–H and O–H groups in total. The van der Waals surface area contributed by atoms with Crippen LogP contribution in [0, 0.1) is 11.8 Å². The van der Waals surface area contributed by atoms with Crippen LogP contribution in [0.3, 0.4) is 0 Å². The fourth-order valence-corrected chi connectivity index (χ4v) is 5.23. The van der Waals surface area contributed by atoms with Crippen LogP contribution in [0.25, 0.3) is 0 Å². The lowest BCUT2D eigenvalue weighted by Gasteiger charge is -2.36. The first-order valence-electron chi connectivity index (χ1n) is 7.31. The average molecular weight is 278 g/mol. The van der Waals surface area contributed by atoms with E-state index in [1.807, 2.05) is 13.8 Å². The molecule has 0 aromatic rings. The first kappa shape index (κ1) is 11.7. The molecular formula is C15H18O5. The Morgan fingerprint density at radius 3 is 2.80 bits per heavy atom. The van der Waals surface area contributed by atoms with Gasteiger partial charge in [0.05, 0.1) is 11.5 Å². The van der Waals surface area contributed by atoms with Crippen molar-refractivity contribution in [1.82, 2.24) is 0 Å². The molecule has 0 unspecified atom stereocenters. The van der Waals surface area contributed by atoms with E-state index in [4.69, 9.17) is 14.2 Å². The second-order valence-corrected chi connectivity index (χ2v) is 7.35. The smallest absolute Gasteiger partial charge is 0.334 e.